The van der Waals surface area contributed by atoms with Crippen LogP contribution in [0.2, 0.25) is 0 Å². The lowest BCUT2D eigenvalue weighted by atomic mass is 10.0. The molecule has 0 spiro atoms. The molecule has 0 N–H and O–H groups in total. The highest BCUT2D eigenvalue weighted by Gasteiger charge is 2.29. The maximum atomic E-state index is 13.3. The predicted molar refractivity (Wildman–Crippen MR) is 112 cm³/mol. The number of para-hydroxylation sites is 1. The number of hydrogen-bond donors (Lipinski definition) is 0. The van der Waals surface area contributed by atoms with E-state index in [2.05, 4.69) is 0 Å². The molecule has 0 fully saturated rings. The van der Waals surface area contributed by atoms with Gasteiger partial charge in [0.2, 0.25) is 0 Å². The highest BCUT2D eigenvalue weighted by Crippen LogP contribution is 2.32. The van der Waals surface area contributed by atoms with E-state index in [4.69, 9.17) is 0 Å². The van der Waals surface area contributed by atoms with Crippen LogP contribution in [0, 0.1) is 0 Å². The van der Waals surface area contributed by atoms with Crippen LogP contribution in [0.25, 0.3) is 0 Å². The zero-order valence-electron chi connectivity index (χ0n) is 16.6. The van der Waals surface area contributed by atoms with Gasteiger partial charge in [0.05, 0.1) is 10.6 Å². The van der Waals surface area contributed by atoms with Crippen LogP contribution in [0.1, 0.15) is 49.0 Å². The minimum Gasteiger partial charge on any atom is -0.339 e. The van der Waals surface area contributed by atoms with E-state index in [9.17, 15) is 13.2 Å². The average Bonchev–Trinajstić information content (AvgIpc) is 2.72. The first-order valence-corrected chi connectivity index (χ1v) is 11.4. The Labute approximate surface area is 168 Å². The van der Waals surface area contributed by atoms with E-state index >= 15 is 0 Å². The summed E-state index contributed by atoms with van der Waals surface area (Å²) in [6, 6.07) is 14.1. The first-order chi connectivity index (χ1) is 13.5. The number of carbonyl (C=O) groups is 1. The molecule has 0 aromatic heterocycles. The quantitative estimate of drug-likeness (QED) is 0.703. The molecular weight excluding hydrogens is 372 g/mol. The number of rotatable bonds is 7. The summed E-state index contributed by atoms with van der Waals surface area (Å²) in [4.78, 5) is 14.9. The normalized spacial score (nSPS) is 13.9. The molecule has 0 bridgehead atoms. The maximum absolute atomic E-state index is 13.3. The van der Waals surface area contributed by atoms with Crippen molar-refractivity contribution in [2.24, 2.45) is 0 Å². The molecule has 1 heterocycles. The Morgan fingerprint density at radius 1 is 1.04 bits per heavy atom. The Hall–Kier alpha value is -2.34. The topological polar surface area (TPSA) is 57.7 Å². The van der Waals surface area contributed by atoms with Gasteiger partial charge in [-0.3, -0.25) is 9.10 Å². The summed E-state index contributed by atoms with van der Waals surface area (Å²) in [6.07, 6.45) is 3.40. The van der Waals surface area contributed by atoms with Crippen LogP contribution in [-0.2, 0) is 16.4 Å². The van der Waals surface area contributed by atoms with E-state index in [1.807, 2.05) is 38.1 Å². The second kappa shape index (κ2) is 8.78. The van der Waals surface area contributed by atoms with E-state index in [1.165, 1.54) is 10.4 Å². The smallest absolute Gasteiger partial charge is 0.264 e. The molecule has 150 valence electrons. The fourth-order valence-electron chi connectivity index (χ4n) is 3.70. The van der Waals surface area contributed by atoms with Crippen molar-refractivity contribution in [1.29, 1.82) is 0 Å². The number of aryl methyl sites for hydroxylation is 1. The summed E-state index contributed by atoms with van der Waals surface area (Å²) < 4.78 is 28.2. The lowest BCUT2D eigenvalue weighted by Gasteiger charge is -2.30. The largest absolute Gasteiger partial charge is 0.339 e. The molecule has 0 atom stereocenters. The molecule has 6 heteroatoms. The molecule has 1 aliphatic rings. The summed E-state index contributed by atoms with van der Waals surface area (Å²) in [5.74, 6) is -0.111. The van der Waals surface area contributed by atoms with Gasteiger partial charge in [-0.05, 0) is 55.5 Å². The van der Waals surface area contributed by atoms with Gasteiger partial charge in [0.1, 0.15) is 0 Å². The Kier molecular flexibility index (Phi) is 6.39. The number of carbonyl (C=O) groups excluding carboxylic acids is 1. The van der Waals surface area contributed by atoms with Gasteiger partial charge in [0.25, 0.3) is 15.9 Å². The molecule has 5 nitrogen and oxygen atoms in total. The lowest BCUT2D eigenvalue weighted by Crippen LogP contribution is -2.36. The van der Waals surface area contributed by atoms with Crippen molar-refractivity contribution in [2.45, 2.75) is 44.4 Å². The molecule has 0 unspecified atom stereocenters. The summed E-state index contributed by atoms with van der Waals surface area (Å²) in [5.41, 5.74) is 2.21. The summed E-state index contributed by atoms with van der Waals surface area (Å²) in [7, 11) is -3.72. The zero-order valence-corrected chi connectivity index (χ0v) is 17.4. The van der Waals surface area contributed by atoms with Crippen molar-refractivity contribution < 1.29 is 13.2 Å². The van der Waals surface area contributed by atoms with Gasteiger partial charge in [-0.1, -0.05) is 38.1 Å². The van der Waals surface area contributed by atoms with Gasteiger partial charge in [0.15, 0.2) is 0 Å². The van der Waals surface area contributed by atoms with Crippen LogP contribution in [0.4, 0.5) is 5.69 Å². The second-order valence-corrected chi connectivity index (χ2v) is 8.99. The second-order valence-electron chi connectivity index (χ2n) is 7.13. The standard InChI is InChI=1S/C22H28N2O3S/c1-3-14-23(15-4-2)22(25)19-10-7-12-20(17-19)28(26,27)24-16-8-11-18-9-5-6-13-21(18)24/h5-7,9-10,12-13,17H,3-4,8,11,14-16H2,1-2H3. The van der Waals surface area contributed by atoms with Crippen LogP contribution in [-0.4, -0.2) is 38.9 Å². The predicted octanol–water partition coefficient (Wildman–Crippen LogP) is 4.09. The number of nitrogens with zero attached hydrogens (tertiary/aromatic N) is 2. The molecule has 28 heavy (non-hydrogen) atoms. The van der Waals surface area contributed by atoms with E-state index < -0.39 is 10.0 Å². The lowest BCUT2D eigenvalue weighted by molar-refractivity contribution is 0.0755. The summed E-state index contributed by atoms with van der Waals surface area (Å²) >= 11 is 0. The number of amides is 1. The molecule has 1 aliphatic heterocycles. The number of sulfonamides is 1. The Bertz CT molecular complexity index is 934. The number of benzene rings is 2. The van der Waals surface area contributed by atoms with Gasteiger partial charge >= 0.3 is 0 Å². The summed E-state index contributed by atoms with van der Waals surface area (Å²) in [6.45, 7) is 5.86. The van der Waals surface area contributed by atoms with Crippen molar-refractivity contribution in [1.82, 2.24) is 4.90 Å². The molecule has 2 aromatic carbocycles. The molecule has 0 radical (unpaired) electrons. The number of anilines is 1. The average molecular weight is 401 g/mol. The van der Waals surface area contributed by atoms with Crippen molar-refractivity contribution in [3.05, 3.63) is 59.7 Å². The van der Waals surface area contributed by atoms with Crippen molar-refractivity contribution in [2.75, 3.05) is 23.9 Å². The zero-order chi connectivity index (χ0) is 20.1. The fourth-order valence-corrected chi connectivity index (χ4v) is 5.29. The number of fused-ring (bicyclic) bond motifs is 1. The molecule has 1 amide bonds. The first kappa shape index (κ1) is 20.4. The fraction of sp³-hybridized carbons (Fsp3) is 0.409. The van der Waals surface area contributed by atoms with Crippen LogP contribution in [0.15, 0.2) is 53.4 Å². The highest BCUT2D eigenvalue weighted by molar-refractivity contribution is 7.92. The molecule has 0 aliphatic carbocycles. The maximum Gasteiger partial charge on any atom is 0.264 e. The van der Waals surface area contributed by atoms with E-state index in [0.29, 0.717) is 25.2 Å². The summed E-state index contributed by atoms with van der Waals surface area (Å²) in [5, 5.41) is 0. The van der Waals surface area contributed by atoms with E-state index in [-0.39, 0.29) is 10.8 Å². The third-order valence-corrected chi connectivity index (χ3v) is 6.82. The SMILES string of the molecule is CCCN(CCC)C(=O)c1cccc(S(=O)(=O)N2CCCc3ccccc32)c1. The van der Waals surface area contributed by atoms with E-state index in [0.717, 1.165) is 36.9 Å². The van der Waals surface area contributed by atoms with Crippen LogP contribution in [0.5, 0.6) is 0 Å². The van der Waals surface area contributed by atoms with E-state index in [1.54, 1.807) is 23.1 Å². The molecule has 3 rings (SSSR count). The minimum absolute atomic E-state index is 0.111. The number of hydrogen-bond acceptors (Lipinski definition) is 3. The minimum atomic E-state index is -3.72. The Morgan fingerprint density at radius 2 is 1.75 bits per heavy atom. The van der Waals surface area contributed by atoms with Crippen LogP contribution < -0.4 is 4.31 Å². The van der Waals surface area contributed by atoms with Gasteiger partial charge in [-0.2, -0.15) is 0 Å². The molecule has 0 saturated heterocycles. The molecule has 2 aromatic rings. The third kappa shape index (κ3) is 4.07. The van der Waals surface area contributed by atoms with Crippen molar-refractivity contribution >= 4 is 21.6 Å². The van der Waals surface area contributed by atoms with Gasteiger partial charge in [-0.15, -0.1) is 0 Å². The molecular formula is C22H28N2O3S. The molecule has 0 saturated carbocycles. The highest BCUT2D eigenvalue weighted by atomic mass is 32.2. The van der Waals surface area contributed by atoms with Gasteiger partial charge in [-0.25, -0.2) is 8.42 Å². The van der Waals surface area contributed by atoms with Gasteiger partial charge < -0.3 is 4.90 Å². The Morgan fingerprint density at radius 3 is 2.46 bits per heavy atom. The third-order valence-electron chi connectivity index (χ3n) is 5.01. The Balaban J connectivity index is 1.94. The monoisotopic (exact) mass is 400 g/mol. The van der Waals surface area contributed by atoms with Crippen LogP contribution >= 0.6 is 0 Å². The first-order valence-electron chi connectivity index (χ1n) is 9.99. The van der Waals surface area contributed by atoms with Crippen LogP contribution in [0.3, 0.4) is 0 Å². The van der Waals surface area contributed by atoms with Crippen molar-refractivity contribution in [3.63, 3.8) is 0 Å². The van der Waals surface area contributed by atoms with Crippen molar-refractivity contribution in [3.8, 4) is 0 Å². The van der Waals surface area contributed by atoms with Gasteiger partial charge in [0, 0.05) is 25.2 Å².